The second-order valence-electron chi connectivity index (χ2n) is 8.56. The number of nitrogens with one attached hydrogen (secondary N) is 1. The molecule has 1 atom stereocenters. The van der Waals surface area contributed by atoms with Crippen LogP contribution in [-0.2, 0) is 31.0 Å². The Morgan fingerprint density at radius 3 is 2.26 bits per heavy atom. The number of carboxylic acid groups (broad SMARTS) is 1. The molecule has 0 aromatic heterocycles. The van der Waals surface area contributed by atoms with Crippen molar-refractivity contribution in [3.63, 3.8) is 0 Å². The molecule has 1 aliphatic rings. The maximum Gasteiger partial charge on any atom is 0.408 e. The molecule has 212 valence electrons. The maximum atomic E-state index is 13.3. The molecule has 0 radical (unpaired) electrons. The number of carboxylic acids is 1. The van der Waals surface area contributed by atoms with Crippen LogP contribution >= 0.6 is 15.9 Å². The molecule has 39 heavy (non-hydrogen) atoms. The van der Waals surface area contributed by atoms with E-state index in [2.05, 4.69) is 21.2 Å². The van der Waals surface area contributed by atoms with Crippen LogP contribution < -0.4 is 14.8 Å². The van der Waals surface area contributed by atoms with E-state index in [4.69, 9.17) is 14.2 Å². The van der Waals surface area contributed by atoms with E-state index >= 15 is 0 Å². The molecule has 2 aromatic rings. The van der Waals surface area contributed by atoms with Crippen molar-refractivity contribution in [1.82, 2.24) is 14.5 Å². The van der Waals surface area contributed by atoms with Gasteiger partial charge in [-0.1, -0.05) is 30.3 Å². The molecule has 0 aliphatic carbocycles. The number of carbonyl (C=O) groups is 3. The van der Waals surface area contributed by atoms with Gasteiger partial charge in [-0.05, 0) is 34.0 Å². The molecule has 0 saturated carbocycles. The summed E-state index contributed by atoms with van der Waals surface area (Å²) in [6, 6.07) is 10.5. The second kappa shape index (κ2) is 13.6. The molecule has 3 rings (SSSR count). The van der Waals surface area contributed by atoms with E-state index in [1.807, 2.05) is 6.07 Å². The zero-order valence-corrected chi connectivity index (χ0v) is 23.9. The minimum atomic E-state index is -3.95. The van der Waals surface area contributed by atoms with E-state index in [0.29, 0.717) is 10.2 Å². The average molecular weight is 628 g/mol. The number of aliphatic carboxylic acids is 1. The Balaban J connectivity index is 1.53. The molecule has 2 aromatic carbocycles. The summed E-state index contributed by atoms with van der Waals surface area (Å²) in [6.45, 7) is 0.310. The molecule has 0 bridgehead atoms. The summed E-state index contributed by atoms with van der Waals surface area (Å²) in [7, 11) is -1.16. The predicted molar refractivity (Wildman–Crippen MR) is 143 cm³/mol. The fourth-order valence-corrected chi connectivity index (χ4v) is 6.00. The zero-order chi connectivity index (χ0) is 28.6. The van der Waals surface area contributed by atoms with E-state index in [9.17, 15) is 27.9 Å². The van der Waals surface area contributed by atoms with Gasteiger partial charge in [0.1, 0.15) is 29.0 Å². The number of amides is 2. The van der Waals surface area contributed by atoms with E-state index in [1.54, 1.807) is 24.3 Å². The maximum absolute atomic E-state index is 13.3. The molecule has 1 fully saturated rings. The quantitative estimate of drug-likeness (QED) is 0.382. The van der Waals surface area contributed by atoms with Crippen molar-refractivity contribution in [2.75, 3.05) is 40.4 Å². The summed E-state index contributed by atoms with van der Waals surface area (Å²) in [4.78, 5) is 37.8. The van der Waals surface area contributed by atoms with E-state index in [1.165, 1.54) is 35.6 Å². The summed E-state index contributed by atoms with van der Waals surface area (Å²) < 4.78 is 44.0. The van der Waals surface area contributed by atoms with Crippen molar-refractivity contribution in [2.24, 2.45) is 0 Å². The highest BCUT2D eigenvalue weighted by Gasteiger charge is 2.33. The number of carbonyl (C=O) groups excluding carboxylic acids is 2. The first-order valence-corrected chi connectivity index (χ1v) is 14.2. The lowest BCUT2D eigenvalue weighted by Gasteiger charge is -2.34. The number of nitrogens with zero attached hydrogens (tertiary/aromatic N) is 2. The molecule has 1 saturated heterocycles. The van der Waals surface area contributed by atoms with Crippen molar-refractivity contribution in [2.45, 2.75) is 30.4 Å². The van der Waals surface area contributed by atoms with E-state index in [-0.39, 0.29) is 62.2 Å². The SMILES string of the molecule is COc1cc(S(=O)(=O)N2CCN(C(=O)CC[C@H](NC(=O)OCc3ccccc3)C(=O)O)CC2)c(OC)cc1Br. The Morgan fingerprint density at radius 2 is 1.67 bits per heavy atom. The number of sulfonamides is 1. The van der Waals surface area contributed by atoms with Crippen LogP contribution in [0.2, 0.25) is 0 Å². The first-order valence-electron chi connectivity index (χ1n) is 12.0. The van der Waals surface area contributed by atoms with Crippen LogP contribution in [0.25, 0.3) is 0 Å². The monoisotopic (exact) mass is 627 g/mol. The molecule has 1 heterocycles. The third kappa shape index (κ3) is 7.83. The lowest BCUT2D eigenvalue weighted by molar-refractivity contribution is -0.140. The van der Waals surface area contributed by atoms with Crippen LogP contribution in [-0.4, -0.2) is 87.1 Å². The van der Waals surface area contributed by atoms with Crippen molar-refractivity contribution in [3.05, 3.63) is 52.5 Å². The standard InChI is InChI=1S/C25H30BrN3O9S/c1-36-20-15-22(21(37-2)14-18(20)26)39(34,35)29-12-10-28(11-13-29)23(30)9-8-19(24(31)32)27-25(33)38-16-17-6-4-3-5-7-17/h3-7,14-15,19H,8-13,16H2,1-2H3,(H,27,33)(H,31,32)/t19-/m0/s1. The topological polar surface area (TPSA) is 152 Å². The average Bonchev–Trinajstić information content (AvgIpc) is 2.94. The normalized spacial score (nSPS) is 14.8. The zero-order valence-electron chi connectivity index (χ0n) is 21.5. The number of rotatable bonds is 11. The summed E-state index contributed by atoms with van der Waals surface area (Å²) >= 11 is 3.31. The van der Waals surface area contributed by atoms with Crippen LogP contribution in [0.3, 0.4) is 0 Å². The van der Waals surface area contributed by atoms with Gasteiger partial charge >= 0.3 is 12.1 Å². The van der Waals surface area contributed by atoms with Gasteiger partial charge in [0.05, 0.1) is 18.7 Å². The lowest BCUT2D eigenvalue weighted by atomic mass is 10.1. The first kappa shape index (κ1) is 30.2. The van der Waals surface area contributed by atoms with Gasteiger partial charge in [0.15, 0.2) is 0 Å². The van der Waals surface area contributed by atoms with Crippen molar-refractivity contribution < 1.29 is 42.1 Å². The van der Waals surface area contributed by atoms with Gasteiger partial charge in [0.2, 0.25) is 15.9 Å². The summed E-state index contributed by atoms with van der Waals surface area (Å²) in [6.07, 6.45) is -1.21. The molecule has 0 spiro atoms. The van der Waals surface area contributed by atoms with Crippen molar-refractivity contribution in [1.29, 1.82) is 0 Å². The number of ether oxygens (including phenoxy) is 3. The van der Waals surface area contributed by atoms with Gasteiger partial charge in [0, 0.05) is 38.7 Å². The van der Waals surface area contributed by atoms with Gasteiger partial charge in [-0.2, -0.15) is 4.31 Å². The van der Waals surface area contributed by atoms with Crippen molar-refractivity contribution in [3.8, 4) is 11.5 Å². The lowest BCUT2D eigenvalue weighted by Crippen LogP contribution is -2.51. The molecular formula is C25H30BrN3O9S. The number of piperazine rings is 1. The number of halogens is 1. The number of hydrogen-bond acceptors (Lipinski definition) is 8. The Bertz CT molecular complexity index is 1280. The number of benzene rings is 2. The highest BCUT2D eigenvalue weighted by Crippen LogP contribution is 2.36. The number of methoxy groups -OCH3 is 2. The van der Waals surface area contributed by atoms with E-state index in [0.717, 1.165) is 5.56 Å². The second-order valence-corrected chi connectivity index (χ2v) is 11.3. The largest absolute Gasteiger partial charge is 0.496 e. The fourth-order valence-electron chi connectivity index (χ4n) is 3.94. The Labute approximate surface area is 235 Å². The molecule has 0 unspecified atom stereocenters. The van der Waals surface area contributed by atoms with Gasteiger partial charge in [-0.25, -0.2) is 18.0 Å². The fraction of sp³-hybridized carbons (Fsp3) is 0.400. The molecular weight excluding hydrogens is 598 g/mol. The highest BCUT2D eigenvalue weighted by atomic mass is 79.9. The molecule has 1 aliphatic heterocycles. The van der Waals surface area contributed by atoms with Gasteiger partial charge in [0.25, 0.3) is 0 Å². The number of hydrogen-bond donors (Lipinski definition) is 2. The molecule has 2 amide bonds. The Morgan fingerprint density at radius 1 is 1.03 bits per heavy atom. The predicted octanol–water partition coefficient (Wildman–Crippen LogP) is 2.46. The van der Waals surface area contributed by atoms with Gasteiger partial charge < -0.3 is 29.5 Å². The van der Waals surface area contributed by atoms with Crippen molar-refractivity contribution >= 4 is 43.9 Å². The minimum Gasteiger partial charge on any atom is -0.496 e. The summed E-state index contributed by atoms with van der Waals surface area (Å²) in [5, 5.41) is 11.7. The Hall–Kier alpha value is -3.36. The van der Waals surface area contributed by atoms with Crippen LogP contribution in [0, 0.1) is 0 Å². The smallest absolute Gasteiger partial charge is 0.408 e. The Kier molecular flexibility index (Phi) is 10.5. The summed E-state index contributed by atoms with van der Waals surface area (Å²) in [5.41, 5.74) is 0.744. The van der Waals surface area contributed by atoms with Gasteiger partial charge in [-0.3, -0.25) is 4.79 Å². The molecule has 2 N–H and O–H groups in total. The van der Waals surface area contributed by atoms with Crippen LogP contribution in [0.15, 0.2) is 51.8 Å². The third-order valence-corrected chi connectivity index (χ3v) is 8.64. The van der Waals surface area contributed by atoms with Gasteiger partial charge in [-0.15, -0.1) is 0 Å². The minimum absolute atomic E-state index is 0.0238. The first-order chi connectivity index (χ1) is 18.6. The van der Waals surface area contributed by atoms with E-state index < -0.39 is 28.1 Å². The molecule has 12 nitrogen and oxygen atoms in total. The third-order valence-electron chi connectivity index (χ3n) is 6.10. The summed E-state index contributed by atoms with van der Waals surface area (Å²) in [5.74, 6) is -1.17. The number of alkyl carbamates (subject to hydrolysis) is 1. The van der Waals surface area contributed by atoms with Crippen LogP contribution in [0.1, 0.15) is 18.4 Å². The van der Waals surface area contributed by atoms with Crippen LogP contribution in [0.4, 0.5) is 4.79 Å². The molecule has 14 heteroatoms. The highest BCUT2D eigenvalue weighted by molar-refractivity contribution is 9.10. The van der Waals surface area contributed by atoms with Crippen LogP contribution in [0.5, 0.6) is 11.5 Å².